The van der Waals surface area contributed by atoms with Crippen molar-refractivity contribution in [2.24, 2.45) is 0 Å². The van der Waals surface area contributed by atoms with Crippen LogP contribution in [0.5, 0.6) is 0 Å². The van der Waals surface area contributed by atoms with Crippen LogP contribution in [-0.2, 0) is 7.20 Å². The van der Waals surface area contributed by atoms with Gasteiger partial charge in [-0.2, -0.15) is 0 Å². The molecule has 0 amide bonds. The molecule has 0 bridgehead atoms. The molecule has 0 heterocycles. The molecular weight excluding hydrogens is 254 g/mol. The maximum absolute atomic E-state index is 9.08. The van der Waals surface area contributed by atoms with E-state index in [9.17, 15) is 0 Å². The Morgan fingerprint density at radius 1 is 1.29 bits per heavy atom. The predicted molar refractivity (Wildman–Crippen MR) is 15.5 cm³/mol. The van der Waals surface area contributed by atoms with E-state index in [1.807, 2.05) is 0 Å². The zero-order valence-electron chi connectivity index (χ0n) is 4.04. The minimum absolute atomic E-state index is 0. The zero-order chi connectivity index (χ0) is 4.50. The first kappa shape index (κ1) is 16.4. The van der Waals surface area contributed by atoms with Crippen molar-refractivity contribution in [1.29, 1.82) is 0 Å². The molecule has 7 heavy (non-hydrogen) atoms. The van der Waals surface area contributed by atoms with Crippen molar-refractivity contribution < 1.29 is 72.4 Å². The minimum atomic E-state index is -3.91. The van der Waals surface area contributed by atoms with Crippen LogP contribution in [0.25, 0.3) is 0 Å². The van der Waals surface area contributed by atoms with Gasteiger partial charge < -0.3 is 0 Å². The number of hydrogen-bond donors (Lipinski definition) is 0. The summed E-state index contributed by atoms with van der Waals surface area (Å²) < 4.78 is 27.2. The van der Waals surface area contributed by atoms with Gasteiger partial charge in [-0.15, -0.1) is 0 Å². The first-order chi connectivity index (χ1) is 2.00. The summed E-state index contributed by atoms with van der Waals surface area (Å²) in [6.45, 7) is 0. The molecule has 0 aliphatic heterocycles. The van der Waals surface area contributed by atoms with Gasteiger partial charge in [-0.05, 0) is 0 Å². The molecule has 0 rings (SSSR count). The molecule has 0 aromatic carbocycles. The molecule has 0 unspecified atom stereocenters. The third-order valence-corrected chi connectivity index (χ3v) is 0. The smallest absolute Gasteiger partial charge is 1.00 e. The van der Waals surface area contributed by atoms with Crippen molar-refractivity contribution >= 4 is 27.6 Å². The normalized spacial score (nSPS) is 8.29. The van der Waals surface area contributed by atoms with Crippen LogP contribution in [-0.4, -0.2) is 33.7 Å². The van der Waals surface area contributed by atoms with E-state index >= 15 is 0 Å². The van der Waals surface area contributed by atoms with E-state index in [1.165, 1.54) is 0 Å². The van der Waals surface area contributed by atoms with Gasteiger partial charge in [0.05, 0.1) is 0 Å². The number of hydrogen-bond acceptors (Lipinski definition) is 3. The first-order valence-corrected chi connectivity index (χ1v) is 4.85. The van der Waals surface area contributed by atoms with Crippen molar-refractivity contribution in [2.45, 2.75) is 0 Å². The molecule has 0 aromatic heterocycles. The summed E-state index contributed by atoms with van der Waals surface area (Å²) in [5.41, 5.74) is 0. The first-order valence-electron chi connectivity index (χ1n) is 0.667. The van der Waals surface area contributed by atoms with Gasteiger partial charge in [-0.3, -0.25) is 0 Å². The van der Waals surface area contributed by atoms with Crippen molar-refractivity contribution in [3.05, 3.63) is 0 Å². The quantitative estimate of drug-likeness (QED) is 0.403. The van der Waals surface area contributed by atoms with Gasteiger partial charge in [-0.25, -0.2) is 0 Å². The van der Waals surface area contributed by atoms with Gasteiger partial charge in [0.15, 0.2) is 0 Å². The fraction of sp³-hybridized carbons (Fsp3) is 0. The molecule has 0 fully saturated rings. The third kappa shape index (κ3) is 51.0. The largest absolute Gasteiger partial charge is 1.00 e. The van der Waals surface area contributed by atoms with E-state index in [0.29, 0.717) is 20.4 Å². The van der Waals surface area contributed by atoms with Crippen LogP contribution in [0.1, 0.15) is 0 Å². The standard InChI is InChI=1S/2Na.H2O3STe/c;;1-4(2,3)5/h;;(H2,1,2,3,5)/q2*+1;/p-2. The monoisotopic (exact) mass is 256 g/mol. The maximum atomic E-state index is 9.08. The van der Waals surface area contributed by atoms with Crippen LogP contribution in [0.3, 0.4) is 0 Å². The second-order valence-corrected chi connectivity index (χ2v) is 4.72. The van der Waals surface area contributed by atoms with E-state index in [1.54, 1.807) is 0 Å². The molecule has 0 aliphatic rings. The summed E-state index contributed by atoms with van der Waals surface area (Å²) in [6, 6.07) is 0. The Morgan fingerprint density at radius 3 is 1.29 bits per heavy atom. The Bertz CT molecular complexity index is 96.1. The maximum Gasteiger partial charge on any atom is 1.00 e. The van der Waals surface area contributed by atoms with E-state index < -0.39 is 7.20 Å². The Labute approximate surface area is 98.0 Å². The molecule has 32 valence electrons. The number of rotatable bonds is 0. The molecule has 0 saturated carbocycles. The van der Waals surface area contributed by atoms with Gasteiger partial charge in [0.25, 0.3) is 0 Å². The molecule has 0 saturated heterocycles. The molecular formula is Na2O3STe. The molecule has 0 N–H and O–H groups in total. The zero-order valence-corrected chi connectivity index (χ0v) is 11.2. The molecule has 0 spiro atoms. The minimum Gasteiger partial charge on any atom is 1.00 e. The summed E-state index contributed by atoms with van der Waals surface area (Å²) >= 11 is 0.541. The summed E-state index contributed by atoms with van der Waals surface area (Å²) in [4.78, 5) is 0. The van der Waals surface area contributed by atoms with Crippen molar-refractivity contribution in [3.63, 3.8) is 0 Å². The molecule has 7 heteroatoms. The van der Waals surface area contributed by atoms with E-state index in [-0.39, 0.29) is 59.1 Å². The van der Waals surface area contributed by atoms with Crippen LogP contribution in [0, 0.1) is 0 Å². The summed E-state index contributed by atoms with van der Waals surface area (Å²) in [6.07, 6.45) is 0. The molecule has 0 radical (unpaired) electrons. The van der Waals surface area contributed by atoms with Crippen molar-refractivity contribution in [3.8, 4) is 0 Å². The van der Waals surface area contributed by atoms with E-state index in [4.69, 9.17) is 13.3 Å². The average molecular weight is 254 g/mol. The van der Waals surface area contributed by atoms with Crippen LogP contribution in [0.4, 0.5) is 0 Å². The Morgan fingerprint density at radius 2 is 1.29 bits per heavy atom. The van der Waals surface area contributed by atoms with Gasteiger partial charge in [-0.1, -0.05) is 0 Å². The Hall–Kier alpha value is 2.86. The van der Waals surface area contributed by atoms with Crippen molar-refractivity contribution in [2.75, 3.05) is 0 Å². The summed E-state index contributed by atoms with van der Waals surface area (Å²) in [5, 5.41) is 0. The van der Waals surface area contributed by atoms with E-state index in [2.05, 4.69) is 0 Å². The second kappa shape index (κ2) is 6.97. The molecule has 3 nitrogen and oxygen atoms in total. The predicted octanol–water partition coefficient (Wildman–Crippen LogP) is -7.38. The molecule has 0 aliphatic carbocycles. The fourth-order valence-corrected chi connectivity index (χ4v) is 0. The van der Waals surface area contributed by atoms with Crippen molar-refractivity contribution in [1.82, 2.24) is 0 Å². The van der Waals surface area contributed by atoms with E-state index in [0.717, 1.165) is 0 Å². The topological polar surface area (TPSA) is 63.2 Å². The van der Waals surface area contributed by atoms with Crippen LogP contribution >= 0.6 is 0 Å². The van der Waals surface area contributed by atoms with Gasteiger partial charge in [0.1, 0.15) is 0 Å². The van der Waals surface area contributed by atoms with Gasteiger partial charge >= 0.3 is 100.0 Å². The molecule has 0 atom stereocenters. The van der Waals surface area contributed by atoms with Crippen LogP contribution in [0.2, 0.25) is 0 Å². The average Bonchev–Trinajstić information content (AvgIpc) is 0.722. The molecule has 0 aromatic rings. The summed E-state index contributed by atoms with van der Waals surface area (Å²) in [5.74, 6) is 0. The summed E-state index contributed by atoms with van der Waals surface area (Å²) in [7, 11) is -3.91. The SMILES string of the molecule is O=S([O-])([O-])=[Te].[Na+].[Na+]. The fourth-order valence-electron chi connectivity index (χ4n) is 0. The second-order valence-electron chi connectivity index (χ2n) is 0.408. The van der Waals surface area contributed by atoms with Gasteiger partial charge in [0.2, 0.25) is 0 Å². The van der Waals surface area contributed by atoms with Crippen LogP contribution in [0.15, 0.2) is 0 Å². The third-order valence-electron chi connectivity index (χ3n) is 0. The Balaban J connectivity index is -0.0000000800. The van der Waals surface area contributed by atoms with Crippen LogP contribution < -0.4 is 59.1 Å². The Kier molecular flexibility index (Phi) is 16.4. The van der Waals surface area contributed by atoms with Gasteiger partial charge in [0, 0.05) is 0 Å².